The molecular weight excluding hydrogens is 394 g/mol. The van der Waals surface area contributed by atoms with Crippen LogP contribution in [0.15, 0.2) is 53.2 Å². The maximum Gasteiger partial charge on any atom is 0.290 e. The van der Waals surface area contributed by atoms with E-state index in [-0.39, 0.29) is 17.8 Å². The van der Waals surface area contributed by atoms with Crippen LogP contribution in [0, 0.1) is 0 Å². The highest BCUT2D eigenvalue weighted by Gasteiger charge is 2.13. The molecule has 7 nitrogen and oxygen atoms in total. The largest absolute Gasteiger partial charge is 0.483 e. The molecule has 0 aliphatic heterocycles. The van der Waals surface area contributed by atoms with Gasteiger partial charge in [-0.25, -0.2) is 0 Å². The van der Waals surface area contributed by atoms with E-state index in [9.17, 15) is 9.59 Å². The molecule has 31 heavy (non-hydrogen) atoms. The third-order valence-electron chi connectivity index (χ3n) is 4.39. The molecule has 0 aromatic heterocycles. The Morgan fingerprint density at radius 1 is 1.06 bits per heavy atom. The van der Waals surface area contributed by atoms with Gasteiger partial charge in [0, 0.05) is 17.8 Å². The van der Waals surface area contributed by atoms with Crippen LogP contribution in [0.3, 0.4) is 0 Å². The summed E-state index contributed by atoms with van der Waals surface area (Å²) < 4.78 is 0. The van der Waals surface area contributed by atoms with Gasteiger partial charge in [-0.2, -0.15) is 0 Å². The van der Waals surface area contributed by atoms with Gasteiger partial charge in [0.25, 0.3) is 12.4 Å². The van der Waals surface area contributed by atoms with Gasteiger partial charge in [0.05, 0.1) is 17.0 Å². The summed E-state index contributed by atoms with van der Waals surface area (Å²) in [6.45, 7) is 3.16. The van der Waals surface area contributed by atoms with E-state index in [4.69, 9.17) is 21.4 Å². The van der Waals surface area contributed by atoms with Crippen molar-refractivity contribution in [3.63, 3.8) is 0 Å². The number of aliphatic imine (C=N–C) groups is 1. The molecule has 1 aliphatic carbocycles. The van der Waals surface area contributed by atoms with Crippen molar-refractivity contribution in [3.05, 3.63) is 53.7 Å². The first-order valence-electron chi connectivity index (χ1n) is 10.6. The number of nitrogens with two attached hydrogens (primary N) is 2. The molecule has 7 heteroatoms. The minimum Gasteiger partial charge on any atom is -0.483 e. The second kappa shape index (κ2) is 17.6. The van der Waals surface area contributed by atoms with Crippen LogP contribution in [0.1, 0.15) is 70.8 Å². The normalized spacial score (nSPS) is 14.3. The molecule has 170 valence electrons. The predicted octanol–water partition coefficient (Wildman–Crippen LogP) is 4.23. The number of carboxylic acid groups (broad SMARTS) is 1. The fourth-order valence-electron chi connectivity index (χ4n) is 3.00. The first-order valence-corrected chi connectivity index (χ1v) is 10.6. The van der Waals surface area contributed by atoms with Gasteiger partial charge in [-0.15, -0.1) is 0 Å². The zero-order valence-corrected chi connectivity index (χ0v) is 18.5. The molecule has 1 fully saturated rings. The van der Waals surface area contributed by atoms with E-state index in [0.29, 0.717) is 17.8 Å². The summed E-state index contributed by atoms with van der Waals surface area (Å²) in [5.41, 5.74) is 12.8. The van der Waals surface area contributed by atoms with E-state index in [0.717, 1.165) is 18.2 Å². The number of allylic oxidation sites excluding steroid dienone is 1. The zero-order chi connectivity index (χ0) is 23.5. The van der Waals surface area contributed by atoms with Gasteiger partial charge in [0.2, 0.25) is 0 Å². The summed E-state index contributed by atoms with van der Waals surface area (Å²) in [5, 5.41) is 6.89. The number of ketones is 1. The second-order valence-electron chi connectivity index (χ2n) is 6.99. The minimum absolute atomic E-state index is 0.129. The molecule has 1 aromatic rings. The van der Waals surface area contributed by atoms with E-state index in [2.05, 4.69) is 4.99 Å². The third-order valence-corrected chi connectivity index (χ3v) is 4.39. The number of benzene rings is 1. The molecule has 0 radical (unpaired) electrons. The average Bonchev–Trinajstić information content (AvgIpc) is 2.76. The number of amides is 1. The fourth-order valence-corrected chi connectivity index (χ4v) is 3.00. The topological polar surface area (TPSA) is 136 Å². The van der Waals surface area contributed by atoms with Crippen molar-refractivity contribution in [2.45, 2.75) is 65.2 Å². The highest BCUT2D eigenvalue weighted by molar-refractivity contribution is 6.22. The van der Waals surface area contributed by atoms with Crippen LogP contribution in [0.25, 0.3) is 5.70 Å². The standard InChI is InChI=1S/C17H21N3O2.C6H12.CH2O2/c1-3-7-15(14(11-18)17(19)22)20-16(10-12(2)21)13-8-5-4-6-9-13;1-2-4-6-5-3-1;2-1-3/h4-6,8-11H,3,7,18H2,1-2H3,(H2,19,22);1-6H2;1H,(H,2,3)/b14-11+,16-10-,20-15-;;. The summed E-state index contributed by atoms with van der Waals surface area (Å²) in [6.07, 6.45) is 12.9. The van der Waals surface area contributed by atoms with Crippen LogP contribution >= 0.6 is 0 Å². The Morgan fingerprint density at radius 3 is 1.90 bits per heavy atom. The molecule has 1 amide bonds. The fraction of sp³-hybridized carbons (Fsp3) is 0.417. The van der Waals surface area contributed by atoms with Crippen molar-refractivity contribution in [1.82, 2.24) is 0 Å². The highest BCUT2D eigenvalue weighted by Crippen LogP contribution is 2.19. The Kier molecular flexibility index (Phi) is 15.8. The Labute approximate surface area is 184 Å². The van der Waals surface area contributed by atoms with Gasteiger partial charge in [-0.1, -0.05) is 82.2 Å². The van der Waals surface area contributed by atoms with E-state index in [1.807, 2.05) is 37.3 Å². The molecule has 1 aromatic carbocycles. The Balaban J connectivity index is 0.000000827. The second-order valence-corrected chi connectivity index (χ2v) is 6.99. The van der Waals surface area contributed by atoms with Crippen molar-refractivity contribution >= 4 is 29.6 Å². The maximum absolute atomic E-state index is 11.5. The van der Waals surface area contributed by atoms with E-state index >= 15 is 0 Å². The van der Waals surface area contributed by atoms with Gasteiger partial charge in [0.15, 0.2) is 5.78 Å². The molecule has 0 spiro atoms. The summed E-state index contributed by atoms with van der Waals surface area (Å²) >= 11 is 0. The van der Waals surface area contributed by atoms with Gasteiger partial charge in [-0.05, 0) is 13.3 Å². The molecular formula is C24H35N3O4. The summed E-state index contributed by atoms with van der Waals surface area (Å²) in [7, 11) is 0. The summed E-state index contributed by atoms with van der Waals surface area (Å²) in [5.74, 6) is -0.763. The van der Waals surface area contributed by atoms with Crippen molar-refractivity contribution in [2.75, 3.05) is 0 Å². The molecule has 0 bridgehead atoms. The molecule has 0 unspecified atom stereocenters. The number of carbonyl (C=O) groups is 3. The number of hydrogen-bond donors (Lipinski definition) is 3. The molecule has 0 atom stereocenters. The summed E-state index contributed by atoms with van der Waals surface area (Å²) in [4.78, 5) is 35.8. The molecule has 0 heterocycles. The lowest BCUT2D eigenvalue weighted by molar-refractivity contribution is -0.123. The molecule has 5 N–H and O–H groups in total. The van der Waals surface area contributed by atoms with Crippen molar-refractivity contribution < 1.29 is 19.5 Å². The number of hydrogen-bond acceptors (Lipinski definition) is 5. The van der Waals surface area contributed by atoms with Gasteiger partial charge in [0.1, 0.15) is 0 Å². The van der Waals surface area contributed by atoms with Crippen LogP contribution in [0.4, 0.5) is 0 Å². The Bertz CT molecular complexity index is 753. The van der Waals surface area contributed by atoms with Gasteiger partial charge >= 0.3 is 0 Å². The molecule has 2 rings (SSSR count). The molecule has 1 aliphatic rings. The minimum atomic E-state index is -0.634. The Hall–Kier alpha value is -3.22. The number of nitrogens with zero attached hydrogens (tertiary/aromatic N) is 1. The SMILES string of the molecule is C1CCCCC1.CCCC(=N/C(=C\C(C)=O)c1ccccc1)/C(=C\N)C(N)=O.O=CO. The lowest BCUT2D eigenvalue weighted by Gasteiger charge is -2.09. The van der Waals surface area contributed by atoms with E-state index < -0.39 is 5.91 Å². The van der Waals surface area contributed by atoms with Crippen LogP contribution in [0.5, 0.6) is 0 Å². The number of rotatable bonds is 7. The Morgan fingerprint density at radius 2 is 1.55 bits per heavy atom. The first-order chi connectivity index (χ1) is 14.9. The monoisotopic (exact) mass is 429 g/mol. The van der Waals surface area contributed by atoms with Crippen LogP contribution in [0.2, 0.25) is 0 Å². The quantitative estimate of drug-likeness (QED) is 0.338. The number of carbonyl (C=O) groups excluding carboxylic acids is 2. The average molecular weight is 430 g/mol. The van der Waals surface area contributed by atoms with Gasteiger partial charge in [-0.3, -0.25) is 19.4 Å². The number of primary amides is 1. The highest BCUT2D eigenvalue weighted by atomic mass is 16.3. The van der Waals surface area contributed by atoms with Crippen LogP contribution in [-0.4, -0.2) is 29.0 Å². The maximum atomic E-state index is 11.5. The smallest absolute Gasteiger partial charge is 0.290 e. The van der Waals surface area contributed by atoms with Gasteiger partial charge < -0.3 is 16.6 Å². The van der Waals surface area contributed by atoms with Crippen LogP contribution < -0.4 is 11.5 Å². The van der Waals surface area contributed by atoms with Crippen molar-refractivity contribution in [3.8, 4) is 0 Å². The van der Waals surface area contributed by atoms with Crippen LogP contribution in [-0.2, 0) is 14.4 Å². The molecule has 1 saturated carbocycles. The summed E-state index contributed by atoms with van der Waals surface area (Å²) in [6, 6.07) is 9.27. The third kappa shape index (κ3) is 12.8. The van der Waals surface area contributed by atoms with E-state index in [1.54, 1.807) is 0 Å². The predicted molar refractivity (Wildman–Crippen MR) is 125 cm³/mol. The lowest BCUT2D eigenvalue weighted by atomic mass is 10.0. The molecule has 0 saturated heterocycles. The van der Waals surface area contributed by atoms with Crippen molar-refractivity contribution in [2.24, 2.45) is 16.5 Å². The lowest BCUT2D eigenvalue weighted by Crippen LogP contribution is -2.22. The zero-order valence-electron chi connectivity index (χ0n) is 18.5. The van der Waals surface area contributed by atoms with E-state index in [1.165, 1.54) is 51.5 Å². The van der Waals surface area contributed by atoms with Crippen molar-refractivity contribution in [1.29, 1.82) is 0 Å². The first kappa shape index (κ1) is 27.8.